The number of guanidine groups is 1. The van der Waals surface area contributed by atoms with Crippen molar-refractivity contribution in [3.8, 4) is 0 Å². The largest absolute Gasteiger partial charge is 0.444 e. The van der Waals surface area contributed by atoms with Crippen LogP contribution in [0.4, 0.5) is 4.79 Å². The number of ether oxygens (including phenoxy) is 2. The Bertz CT molecular complexity index is 440. The topological polar surface area (TPSA) is 84.0 Å². The molecule has 0 radical (unpaired) electrons. The molecule has 0 bridgehead atoms. The summed E-state index contributed by atoms with van der Waals surface area (Å²) >= 11 is 0. The van der Waals surface area contributed by atoms with E-state index in [1.165, 1.54) is 12.8 Å². The Morgan fingerprint density at radius 3 is 2.40 bits per heavy atom. The van der Waals surface area contributed by atoms with Crippen molar-refractivity contribution in [2.24, 2.45) is 10.9 Å². The molecule has 0 aromatic rings. The lowest BCUT2D eigenvalue weighted by atomic mass is 10.1. The fourth-order valence-electron chi connectivity index (χ4n) is 2.06. The smallest absolute Gasteiger partial charge is 0.408 e. The van der Waals surface area contributed by atoms with Crippen LogP contribution in [-0.2, 0) is 9.47 Å². The van der Waals surface area contributed by atoms with Gasteiger partial charge in [-0.1, -0.05) is 0 Å². The number of nitrogens with one attached hydrogen (secondary N) is 3. The van der Waals surface area contributed by atoms with Crippen LogP contribution in [0.1, 0.15) is 53.9 Å². The first kappa shape index (κ1) is 21.5. The second kappa shape index (κ2) is 9.85. The number of amides is 1. The van der Waals surface area contributed by atoms with Gasteiger partial charge in [0.15, 0.2) is 5.96 Å². The summed E-state index contributed by atoms with van der Waals surface area (Å²) in [7, 11) is 1.73. The minimum absolute atomic E-state index is 0.421. The minimum atomic E-state index is -0.507. The van der Waals surface area contributed by atoms with E-state index in [9.17, 15) is 4.79 Å². The first-order valence-corrected chi connectivity index (χ1v) is 9.15. The predicted molar refractivity (Wildman–Crippen MR) is 101 cm³/mol. The highest BCUT2D eigenvalue weighted by molar-refractivity contribution is 5.79. The molecule has 25 heavy (non-hydrogen) atoms. The van der Waals surface area contributed by atoms with Crippen molar-refractivity contribution in [2.45, 2.75) is 65.0 Å². The highest BCUT2D eigenvalue weighted by Crippen LogP contribution is 2.28. The molecular weight excluding hydrogens is 320 g/mol. The summed E-state index contributed by atoms with van der Waals surface area (Å²) in [6.45, 7) is 12.4. The van der Waals surface area contributed by atoms with Gasteiger partial charge in [-0.25, -0.2) is 4.79 Å². The first-order valence-electron chi connectivity index (χ1n) is 9.15. The molecule has 1 aliphatic carbocycles. The van der Waals surface area contributed by atoms with E-state index in [2.05, 4.69) is 20.9 Å². The van der Waals surface area contributed by atoms with Crippen molar-refractivity contribution >= 4 is 12.1 Å². The van der Waals surface area contributed by atoms with Gasteiger partial charge in [-0.15, -0.1) is 0 Å². The van der Waals surface area contributed by atoms with Gasteiger partial charge in [-0.05, 0) is 59.8 Å². The second-order valence-corrected chi connectivity index (χ2v) is 8.24. The lowest BCUT2D eigenvalue weighted by molar-refractivity contribution is 0.0474. The normalized spacial score (nSPS) is 15.7. The van der Waals surface area contributed by atoms with Crippen LogP contribution in [0.15, 0.2) is 4.99 Å². The van der Waals surface area contributed by atoms with Crippen LogP contribution in [0.3, 0.4) is 0 Å². The summed E-state index contributed by atoms with van der Waals surface area (Å²) < 4.78 is 10.9. The maximum atomic E-state index is 11.9. The molecule has 1 saturated carbocycles. The summed E-state index contributed by atoms with van der Waals surface area (Å²) in [4.78, 5) is 16.1. The van der Waals surface area contributed by atoms with Crippen LogP contribution in [-0.4, -0.2) is 56.5 Å². The summed E-state index contributed by atoms with van der Waals surface area (Å²) in [6, 6.07) is 0. The zero-order valence-corrected chi connectivity index (χ0v) is 16.7. The maximum Gasteiger partial charge on any atom is 0.408 e. The fraction of sp³-hybridized carbons (Fsp3) is 0.889. The van der Waals surface area contributed by atoms with E-state index in [0.29, 0.717) is 12.5 Å². The molecule has 0 unspecified atom stereocenters. The zero-order chi connectivity index (χ0) is 18.9. The third kappa shape index (κ3) is 11.6. The monoisotopic (exact) mass is 356 g/mol. The zero-order valence-electron chi connectivity index (χ0n) is 16.7. The van der Waals surface area contributed by atoms with Gasteiger partial charge in [0.2, 0.25) is 0 Å². The molecule has 7 nitrogen and oxygen atoms in total. The third-order valence-corrected chi connectivity index (χ3v) is 3.57. The van der Waals surface area contributed by atoms with Gasteiger partial charge in [-0.3, -0.25) is 4.99 Å². The van der Waals surface area contributed by atoms with Crippen molar-refractivity contribution in [3.63, 3.8) is 0 Å². The number of hydrogen-bond acceptors (Lipinski definition) is 4. The average molecular weight is 357 g/mol. The van der Waals surface area contributed by atoms with Crippen LogP contribution in [0.25, 0.3) is 0 Å². The summed E-state index contributed by atoms with van der Waals surface area (Å²) in [5.74, 6) is 1.52. The van der Waals surface area contributed by atoms with Gasteiger partial charge < -0.3 is 25.4 Å². The lowest BCUT2D eigenvalue weighted by Gasteiger charge is -2.29. The standard InChI is InChI=1S/C18H36N4O3/c1-17(2,3)25-16(23)22-18(4,5)13-21-15(19-6)20-10-7-11-24-12-14-8-9-14/h14H,7-13H2,1-6H3,(H,22,23)(H2,19,20,21). The molecule has 1 rings (SSSR count). The van der Waals surface area contributed by atoms with E-state index in [1.54, 1.807) is 7.05 Å². The third-order valence-electron chi connectivity index (χ3n) is 3.57. The van der Waals surface area contributed by atoms with Gasteiger partial charge in [0.1, 0.15) is 5.60 Å². The second-order valence-electron chi connectivity index (χ2n) is 8.24. The van der Waals surface area contributed by atoms with E-state index in [4.69, 9.17) is 9.47 Å². The molecular formula is C18H36N4O3. The van der Waals surface area contributed by atoms with Crippen LogP contribution < -0.4 is 16.0 Å². The average Bonchev–Trinajstić information content (AvgIpc) is 3.27. The number of aliphatic imine (C=N–C) groups is 1. The lowest BCUT2D eigenvalue weighted by Crippen LogP contribution is -2.54. The predicted octanol–water partition coefficient (Wildman–Crippen LogP) is 2.27. The molecule has 7 heteroatoms. The van der Waals surface area contributed by atoms with Crippen molar-refractivity contribution in [1.82, 2.24) is 16.0 Å². The molecule has 1 amide bonds. The Morgan fingerprint density at radius 2 is 1.84 bits per heavy atom. The molecule has 1 aliphatic rings. The molecule has 0 saturated heterocycles. The Labute approximate surface area is 152 Å². The van der Waals surface area contributed by atoms with Crippen molar-refractivity contribution < 1.29 is 14.3 Å². The molecule has 0 heterocycles. The van der Waals surface area contributed by atoms with Gasteiger partial charge in [0.25, 0.3) is 0 Å². The molecule has 0 atom stereocenters. The van der Waals surface area contributed by atoms with E-state index in [-0.39, 0.29) is 0 Å². The van der Waals surface area contributed by atoms with Crippen LogP contribution >= 0.6 is 0 Å². The Balaban J connectivity index is 2.18. The highest BCUT2D eigenvalue weighted by atomic mass is 16.6. The van der Waals surface area contributed by atoms with Crippen molar-refractivity contribution in [2.75, 3.05) is 33.4 Å². The molecule has 0 spiro atoms. The van der Waals surface area contributed by atoms with Crippen molar-refractivity contribution in [1.29, 1.82) is 0 Å². The maximum absolute atomic E-state index is 11.9. The highest BCUT2D eigenvalue weighted by Gasteiger charge is 2.24. The summed E-state index contributed by atoms with van der Waals surface area (Å²) in [6.07, 6.45) is 3.16. The van der Waals surface area contributed by atoms with E-state index in [1.807, 2.05) is 34.6 Å². The van der Waals surface area contributed by atoms with Gasteiger partial charge in [-0.2, -0.15) is 0 Å². The van der Waals surface area contributed by atoms with E-state index < -0.39 is 17.2 Å². The van der Waals surface area contributed by atoms with Crippen LogP contribution in [0.2, 0.25) is 0 Å². The number of carbonyl (C=O) groups is 1. The first-order chi connectivity index (χ1) is 11.6. The number of carbonyl (C=O) groups excluding carboxylic acids is 1. The minimum Gasteiger partial charge on any atom is -0.444 e. The Morgan fingerprint density at radius 1 is 1.16 bits per heavy atom. The summed E-state index contributed by atoms with van der Waals surface area (Å²) in [5.41, 5.74) is -0.972. The van der Waals surface area contributed by atoms with E-state index in [0.717, 1.165) is 32.1 Å². The number of hydrogen-bond donors (Lipinski definition) is 3. The molecule has 3 N–H and O–H groups in total. The van der Waals surface area contributed by atoms with E-state index >= 15 is 0 Å². The Hall–Kier alpha value is -1.50. The molecule has 0 aromatic heterocycles. The van der Waals surface area contributed by atoms with Crippen molar-refractivity contribution in [3.05, 3.63) is 0 Å². The van der Waals surface area contributed by atoms with Crippen LogP contribution in [0, 0.1) is 5.92 Å². The van der Waals surface area contributed by atoms with Gasteiger partial charge in [0, 0.05) is 33.4 Å². The molecule has 0 aromatic carbocycles. The van der Waals surface area contributed by atoms with Gasteiger partial charge >= 0.3 is 6.09 Å². The summed E-state index contributed by atoms with van der Waals surface area (Å²) in [5, 5.41) is 9.34. The van der Waals surface area contributed by atoms with Crippen LogP contribution in [0.5, 0.6) is 0 Å². The Kier molecular flexibility index (Phi) is 8.48. The number of nitrogens with zero attached hydrogens (tertiary/aromatic N) is 1. The molecule has 146 valence electrons. The quantitative estimate of drug-likeness (QED) is 0.335. The van der Waals surface area contributed by atoms with Gasteiger partial charge in [0.05, 0.1) is 5.54 Å². The molecule has 0 aliphatic heterocycles. The SMILES string of the molecule is CN=C(NCCCOCC1CC1)NCC(C)(C)NC(=O)OC(C)(C)C. The molecule has 1 fully saturated rings. The number of rotatable bonds is 9. The fourth-order valence-corrected chi connectivity index (χ4v) is 2.06. The number of alkyl carbamates (subject to hydrolysis) is 1.